The molecule has 4 heteroatoms. The van der Waals surface area contributed by atoms with Crippen LogP contribution in [0.5, 0.6) is 0 Å². The van der Waals surface area contributed by atoms with Crippen LogP contribution >= 0.6 is 0 Å². The van der Waals surface area contributed by atoms with E-state index in [9.17, 15) is 4.79 Å². The summed E-state index contributed by atoms with van der Waals surface area (Å²) in [4.78, 5) is 11.4. The van der Waals surface area contributed by atoms with E-state index in [1.54, 1.807) is 0 Å². The number of rotatable bonds is 7. The van der Waals surface area contributed by atoms with Crippen molar-refractivity contribution in [3.05, 3.63) is 0 Å². The molecule has 0 aromatic heterocycles. The Bertz CT molecular complexity index is 191. The number of unbranched alkanes of at least 4 members (excludes halogenated alkanes) is 1. The van der Waals surface area contributed by atoms with E-state index >= 15 is 0 Å². The second-order valence-corrected chi connectivity index (χ2v) is 4.06. The minimum Gasteiger partial charge on any atom is -0.378 e. The van der Waals surface area contributed by atoms with Crippen molar-refractivity contribution < 1.29 is 9.53 Å². The zero-order chi connectivity index (χ0) is 11.1. The third-order valence-corrected chi connectivity index (χ3v) is 2.72. The fraction of sp³-hybridized carbons (Fsp3) is 0.909. The van der Waals surface area contributed by atoms with E-state index in [-0.39, 0.29) is 5.91 Å². The summed E-state index contributed by atoms with van der Waals surface area (Å²) in [5.74, 6) is 0.156. The Balaban J connectivity index is 1.98. The van der Waals surface area contributed by atoms with Crippen LogP contribution < -0.4 is 11.1 Å². The smallest absolute Gasteiger partial charge is 0.220 e. The van der Waals surface area contributed by atoms with Gasteiger partial charge in [-0.2, -0.15) is 0 Å². The lowest BCUT2D eigenvalue weighted by atomic mass is 9.89. The van der Waals surface area contributed by atoms with Crippen molar-refractivity contribution in [2.75, 3.05) is 13.2 Å². The Kier molecular flexibility index (Phi) is 5.65. The van der Waals surface area contributed by atoms with Gasteiger partial charge in [-0.15, -0.1) is 0 Å². The molecule has 0 aliphatic heterocycles. The number of amides is 1. The molecule has 0 radical (unpaired) electrons. The van der Waals surface area contributed by atoms with Crippen LogP contribution in [-0.2, 0) is 9.53 Å². The molecule has 0 unspecified atom stereocenters. The first-order valence-electron chi connectivity index (χ1n) is 5.87. The summed E-state index contributed by atoms with van der Waals surface area (Å²) in [6.07, 6.45) is 4.73. The number of hydrogen-bond acceptors (Lipinski definition) is 3. The van der Waals surface area contributed by atoms with Gasteiger partial charge in [-0.25, -0.2) is 0 Å². The van der Waals surface area contributed by atoms with Crippen LogP contribution in [0.2, 0.25) is 0 Å². The van der Waals surface area contributed by atoms with Crippen molar-refractivity contribution in [3.8, 4) is 0 Å². The van der Waals surface area contributed by atoms with Gasteiger partial charge in [0.25, 0.3) is 0 Å². The maximum atomic E-state index is 11.4. The second kappa shape index (κ2) is 6.80. The van der Waals surface area contributed by atoms with Gasteiger partial charge in [0.2, 0.25) is 5.91 Å². The molecule has 3 N–H and O–H groups in total. The van der Waals surface area contributed by atoms with Crippen LogP contribution in [0.1, 0.15) is 39.0 Å². The zero-order valence-corrected chi connectivity index (χ0v) is 9.50. The maximum absolute atomic E-state index is 11.4. The lowest BCUT2D eigenvalue weighted by Crippen LogP contribution is -2.47. The van der Waals surface area contributed by atoms with Crippen LogP contribution in [0.25, 0.3) is 0 Å². The summed E-state index contributed by atoms with van der Waals surface area (Å²) in [5.41, 5.74) is 5.36. The third-order valence-electron chi connectivity index (χ3n) is 2.72. The summed E-state index contributed by atoms with van der Waals surface area (Å²) in [5, 5.41) is 3.00. The highest BCUT2D eigenvalue weighted by Gasteiger charge is 2.30. The van der Waals surface area contributed by atoms with Gasteiger partial charge in [-0.1, -0.05) is 0 Å². The molecule has 4 nitrogen and oxygen atoms in total. The first-order valence-corrected chi connectivity index (χ1v) is 5.87. The molecule has 1 aliphatic rings. The average molecular weight is 214 g/mol. The molecule has 1 saturated carbocycles. The van der Waals surface area contributed by atoms with E-state index in [0.717, 1.165) is 32.3 Å². The van der Waals surface area contributed by atoms with Crippen LogP contribution in [0.4, 0.5) is 0 Å². The molecule has 1 rings (SSSR count). The highest BCUT2D eigenvalue weighted by molar-refractivity contribution is 5.76. The Morgan fingerprint density at radius 2 is 2.20 bits per heavy atom. The minimum absolute atomic E-state index is 0.156. The van der Waals surface area contributed by atoms with Crippen molar-refractivity contribution in [2.45, 2.75) is 51.2 Å². The fourth-order valence-corrected chi connectivity index (χ4v) is 1.79. The number of hydrogen-bond donors (Lipinski definition) is 2. The second-order valence-electron chi connectivity index (χ2n) is 4.06. The molecule has 0 heterocycles. The van der Waals surface area contributed by atoms with Crippen molar-refractivity contribution in [3.63, 3.8) is 0 Å². The van der Waals surface area contributed by atoms with Crippen LogP contribution in [0, 0.1) is 0 Å². The average Bonchev–Trinajstić information content (AvgIpc) is 2.15. The molecule has 0 spiro atoms. The molecule has 88 valence electrons. The molecule has 0 atom stereocenters. The molecule has 15 heavy (non-hydrogen) atoms. The number of nitrogens with one attached hydrogen (secondary N) is 1. The normalized spacial score (nSPS) is 24.7. The van der Waals surface area contributed by atoms with E-state index in [2.05, 4.69) is 5.32 Å². The standard InChI is InChI=1S/C11H22N2O2/c1-2-15-10-7-9(8-10)13-11(14)5-3-4-6-12/h9-10H,2-8,12H2,1H3,(H,13,14). The van der Waals surface area contributed by atoms with Gasteiger partial charge in [0.1, 0.15) is 0 Å². The predicted molar refractivity (Wildman–Crippen MR) is 59.5 cm³/mol. The first-order chi connectivity index (χ1) is 7.26. The highest BCUT2D eigenvalue weighted by Crippen LogP contribution is 2.23. The maximum Gasteiger partial charge on any atom is 0.220 e. The lowest BCUT2D eigenvalue weighted by molar-refractivity contribution is -0.123. The Morgan fingerprint density at radius 3 is 2.80 bits per heavy atom. The predicted octanol–water partition coefficient (Wildman–Crippen LogP) is 0.799. The van der Waals surface area contributed by atoms with E-state index in [1.807, 2.05) is 6.92 Å². The minimum atomic E-state index is 0.156. The molecular formula is C11H22N2O2. The van der Waals surface area contributed by atoms with E-state index in [4.69, 9.17) is 10.5 Å². The lowest BCUT2D eigenvalue weighted by Gasteiger charge is -2.35. The van der Waals surface area contributed by atoms with Crippen molar-refractivity contribution in [2.24, 2.45) is 5.73 Å². The largest absolute Gasteiger partial charge is 0.378 e. The van der Waals surface area contributed by atoms with E-state index in [1.165, 1.54) is 0 Å². The topological polar surface area (TPSA) is 64.3 Å². The number of carbonyl (C=O) groups excluding carboxylic acids is 1. The quantitative estimate of drug-likeness (QED) is 0.616. The summed E-state index contributed by atoms with van der Waals surface area (Å²) < 4.78 is 5.42. The van der Waals surface area contributed by atoms with Gasteiger partial charge < -0.3 is 15.8 Å². The molecule has 0 aromatic rings. The first kappa shape index (κ1) is 12.5. The molecule has 1 amide bonds. The summed E-state index contributed by atoms with van der Waals surface area (Å²) in [6, 6.07) is 0.340. The number of nitrogens with two attached hydrogens (primary N) is 1. The monoisotopic (exact) mass is 214 g/mol. The summed E-state index contributed by atoms with van der Waals surface area (Å²) >= 11 is 0. The van der Waals surface area contributed by atoms with Gasteiger partial charge in [-0.3, -0.25) is 4.79 Å². The molecule has 1 fully saturated rings. The summed E-state index contributed by atoms with van der Waals surface area (Å²) in [6.45, 7) is 3.43. The Hall–Kier alpha value is -0.610. The molecule has 1 aliphatic carbocycles. The van der Waals surface area contributed by atoms with Gasteiger partial charge in [-0.05, 0) is 39.2 Å². The third kappa shape index (κ3) is 4.62. The van der Waals surface area contributed by atoms with Gasteiger partial charge in [0.05, 0.1) is 6.10 Å². The van der Waals surface area contributed by atoms with Crippen LogP contribution in [0.15, 0.2) is 0 Å². The van der Waals surface area contributed by atoms with Crippen molar-refractivity contribution >= 4 is 5.91 Å². The van der Waals surface area contributed by atoms with E-state index < -0.39 is 0 Å². The van der Waals surface area contributed by atoms with E-state index in [0.29, 0.717) is 25.1 Å². The van der Waals surface area contributed by atoms with Crippen LogP contribution in [-0.4, -0.2) is 31.2 Å². The summed E-state index contributed by atoms with van der Waals surface area (Å²) in [7, 11) is 0. The Morgan fingerprint density at radius 1 is 1.47 bits per heavy atom. The van der Waals surface area contributed by atoms with Crippen LogP contribution in [0.3, 0.4) is 0 Å². The fourth-order valence-electron chi connectivity index (χ4n) is 1.79. The van der Waals surface area contributed by atoms with Crippen molar-refractivity contribution in [1.82, 2.24) is 5.32 Å². The van der Waals surface area contributed by atoms with Gasteiger partial charge in [0, 0.05) is 19.1 Å². The molecule has 0 saturated heterocycles. The number of carbonyl (C=O) groups is 1. The highest BCUT2D eigenvalue weighted by atomic mass is 16.5. The number of ether oxygens (including phenoxy) is 1. The Labute approximate surface area is 91.5 Å². The van der Waals surface area contributed by atoms with Gasteiger partial charge >= 0.3 is 0 Å². The van der Waals surface area contributed by atoms with Crippen molar-refractivity contribution in [1.29, 1.82) is 0 Å². The van der Waals surface area contributed by atoms with Gasteiger partial charge in [0.15, 0.2) is 0 Å². The SMILES string of the molecule is CCOC1CC(NC(=O)CCCCN)C1. The zero-order valence-electron chi connectivity index (χ0n) is 9.50. The molecule has 0 aromatic carbocycles. The molecular weight excluding hydrogens is 192 g/mol. The molecule has 0 bridgehead atoms.